The number of hydrogen-bond acceptors (Lipinski definition) is 4. The number of fused-ring (bicyclic) bond motifs is 4. The summed E-state index contributed by atoms with van der Waals surface area (Å²) in [6.07, 6.45) is 3.63. The molecule has 0 aliphatic rings. The maximum atomic E-state index is 8.45. The van der Waals surface area contributed by atoms with Crippen molar-refractivity contribution in [1.82, 2.24) is 19.5 Å². The van der Waals surface area contributed by atoms with Gasteiger partial charge in [-0.25, -0.2) is 0 Å². The fourth-order valence-corrected chi connectivity index (χ4v) is 5.86. The van der Waals surface area contributed by atoms with Gasteiger partial charge in [0.1, 0.15) is 5.58 Å². The Morgan fingerprint density at radius 3 is 2.29 bits per heavy atom. The Hall–Kier alpha value is -4.90. The zero-order valence-electron chi connectivity index (χ0n) is 28.6. The van der Waals surface area contributed by atoms with Crippen molar-refractivity contribution < 1.29 is 25.9 Å². The van der Waals surface area contributed by atoms with Crippen molar-refractivity contribution in [3.8, 4) is 28.3 Å². The summed E-state index contributed by atoms with van der Waals surface area (Å²) in [5.74, 6) is 0.0557. The number of pyridine rings is 2. The van der Waals surface area contributed by atoms with Gasteiger partial charge in [0.25, 0.3) is 0 Å². The van der Waals surface area contributed by atoms with Gasteiger partial charge >= 0.3 is 0 Å². The molecule has 0 fully saturated rings. The predicted molar refractivity (Wildman–Crippen MR) is 192 cm³/mol. The van der Waals surface area contributed by atoms with Gasteiger partial charge in [-0.1, -0.05) is 88.0 Å². The number of imidazole rings is 1. The third-order valence-corrected chi connectivity index (χ3v) is 8.17. The second-order valence-electron chi connectivity index (χ2n) is 12.8. The van der Waals surface area contributed by atoms with Crippen LogP contribution in [0.1, 0.15) is 53.1 Å². The summed E-state index contributed by atoms with van der Waals surface area (Å²) in [6.45, 7) is 10.3. The average Bonchev–Trinajstić information content (AvgIpc) is 3.67. The average molecular weight is 806 g/mol. The minimum atomic E-state index is -0.709. The number of furan rings is 1. The van der Waals surface area contributed by atoms with Crippen LogP contribution in [0.2, 0.25) is 0 Å². The molecule has 4 aromatic heterocycles. The molecule has 1 radical (unpaired) electrons. The van der Waals surface area contributed by atoms with E-state index in [9.17, 15) is 0 Å². The first-order valence-electron chi connectivity index (χ1n) is 16.3. The number of benzene rings is 4. The summed E-state index contributed by atoms with van der Waals surface area (Å²) in [5.41, 5.74) is 8.93. The van der Waals surface area contributed by atoms with Gasteiger partial charge in [0.05, 0.1) is 28.1 Å². The van der Waals surface area contributed by atoms with Gasteiger partial charge in [0.15, 0.2) is 0 Å². The van der Waals surface area contributed by atoms with Crippen LogP contribution < -0.4 is 0 Å². The van der Waals surface area contributed by atoms with E-state index in [1.54, 1.807) is 6.20 Å². The van der Waals surface area contributed by atoms with Gasteiger partial charge in [-0.05, 0) is 47.5 Å². The number of para-hydroxylation sites is 1. The maximum absolute atomic E-state index is 8.45. The van der Waals surface area contributed by atoms with Gasteiger partial charge in [-0.15, -0.1) is 54.1 Å². The van der Waals surface area contributed by atoms with Gasteiger partial charge in [0, 0.05) is 50.4 Å². The van der Waals surface area contributed by atoms with E-state index in [2.05, 4.69) is 60.7 Å². The molecule has 0 amide bonds. The molecule has 8 rings (SSSR count). The third kappa shape index (κ3) is 6.34. The minimum absolute atomic E-state index is 0. The zero-order chi connectivity index (χ0) is 33.5. The van der Waals surface area contributed by atoms with Crippen molar-refractivity contribution >= 4 is 33.0 Å². The first-order valence-corrected chi connectivity index (χ1v) is 15.8. The van der Waals surface area contributed by atoms with Crippen LogP contribution in [-0.2, 0) is 25.5 Å². The molecule has 0 unspecified atom stereocenters. The monoisotopic (exact) mass is 806 g/mol. The van der Waals surface area contributed by atoms with E-state index in [0.29, 0.717) is 0 Å². The Morgan fingerprint density at radius 1 is 0.792 bits per heavy atom. The molecule has 241 valence electrons. The van der Waals surface area contributed by atoms with Crippen LogP contribution in [-0.4, -0.2) is 19.5 Å². The molecule has 48 heavy (non-hydrogen) atoms. The van der Waals surface area contributed by atoms with E-state index in [1.807, 2.05) is 111 Å². The van der Waals surface area contributed by atoms with Gasteiger partial charge in [-0.2, -0.15) is 0 Å². The van der Waals surface area contributed by atoms with Crippen LogP contribution in [0.5, 0.6) is 0 Å². The summed E-state index contributed by atoms with van der Waals surface area (Å²) < 4.78 is 17.1. The van der Waals surface area contributed by atoms with Gasteiger partial charge < -0.3 is 14.0 Å². The molecular formula is C42H36IrN4O-2. The standard InChI is InChI=1S/C31H28N3O.C11H8N.Ir/c1-19(2)20-14-15-22-23-12-9-13-24(28(23)35-26(22)18-20)30-33-25-16-17-32-29(31(3,4)5)27(25)34(30)21-10-7-6-8-11-21;1-2-6-10(7-3-1)11-8-4-5-9-12-11;/h6-12,14-19H,1-5H3;1-6,8-9H;/q2*-1;/i19D;;. The van der Waals surface area contributed by atoms with Crippen molar-refractivity contribution in [1.29, 1.82) is 0 Å². The fraction of sp³-hybridized carbons (Fsp3) is 0.167. The molecule has 4 aromatic carbocycles. The normalized spacial score (nSPS) is 12.0. The smallest absolute Gasteiger partial charge is 0.121 e. The Balaban J connectivity index is 0.000000270. The predicted octanol–water partition coefficient (Wildman–Crippen LogP) is 10.8. The summed E-state index contributed by atoms with van der Waals surface area (Å²) in [6, 6.07) is 42.5. The molecule has 0 atom stereocenters. The summed E-state index contributed by atoms with van der Waals surface area (Å²) in [7, 11) is 0. The van der Waals surface area contributed by atoms with Crippen LogP contribution >= 0.6 is 0 Å². The van der Waals surface area contributed by atoms with E-state index in [0.717, 1.165) is 72.6 Å². The van der Waals surface area contributed by atoms with Gasteiger partial charge in [0.2, 0.25) is 0 Å². The van der Waals surface area contributed by atoms with E-state index < -0.39 is 5.89 Å². The number of hydrogen-bond donors (Lipinski definition) is 0. The molecule has 0 N–H and O–H groups in total. The maximum Gasteiger partial charge on any atom is 0.121 e. The van der Waals surface area contributed by atoms with Crippen molar-refractivity contribution in [2.75, 3.05) is 0 Å². The largest absolute Gasteiger partial charge is 0.501 e. The number of nitrogens with zero attached hydrogens (tertiary/aromatic N) is 4. The second-order valence-corrected chi connectivity index (χ2v) is 12.8. The molecule has 0 saturated carbocycles. The van der Waals surface area contributed by atoms with Crippen LogP contribution in [0.3, 0.4) is 0 Å². The molecule has 0 aliphatic heterocycles. The van der Waals surface area contributed by atoms with Crippen molar-refractivity contribution in [3.63, 3.8) is 0 Å². The van der Waals surface area contributed by atoms with E-state index in [-0.39, 0.29) is 25.5 Å². The number of rotatable bonds is 4. The topological polar surface area (TPSA) is 56.7 Å². The first-order chi connectivity index (χ1) is 23.1. The Kier molecular flexibility index (Phi) is 9.03. The Morgan fingerprint density at radius 2 is 1.58 bits per heavy atom. The van der Waals surface area contributed by atoms with E-state index in [1.165, 1.54) is 0 Å². The van der Waals surface area contributed by atoms with Crippen molar-refractivity contribution in [2.45, 2.75) is 45.9 Å². The molecule has 0 spiro atoms. The Labute approximate surface area is 296 Å². The summed E-state index contributed by atoms with van der Waals surface area (Å²) >= 11 is 0. The molecule has 6 heteroatoms. The SMILES string of the molecule is [2H]C(C)(C)c1ccc2c(c1)oc1c(-c3nc4ccnc(C(C)(C)C)c4n3-c3ccccc3)[c-]ccc12.[Ir].[c-]1ccccc1-c1ccccn1. The second kappa shape index (κ2) is 13.7. The molecule has 4 heterocycles. The molecule has 8 aromatic rings. The van der Waals surface area contributed by atoms with Crippen molar-refractivity contribution in [2.24, 2.45) is 0 Å². The van der Waals surface area contributed by atoms with Crippen LogP contribution in [0.25, 0.3) is 61.3 Å². The van der Waals surface area contributed by atoms with E-state index >= 15 is 0 Å². The Bertz CT molecular complexity index is 2320. The van der Waals surface area contributed by atoms with Crippen LogP contribution in [0, 0.1) is 12.1 Å². The van der Waals surface area contributed by atoms with Crippen LogP contribution in [0.4, 0.5) is 0 Å². The minimum Gasteiger partial charge on any atom is -0.501 e. The van der Waals surface area contributed by atoms with Crippen LogP contribution in [0.15, 0.2) is 126 Å². The molecular weight excluding hydrogens is 769 g/mol. The quantitative estimate of drug-likeness (QED) is 0.166. The fourth-order valence-electron chi connectivity index (χ4n) is 5.86. The molecule has 5 nitrogen and oxygen atoms in total. The zero-order valence-corrected chi connectivity index (χ0v) is 30.0. The first kappa shape index (κ1) is 31.7. The van der Waals surface area contributed by atoms with Crippen molar-refractivity contribution in [3.05, 3.63) is 145 Å². The molecule has 0 saturated heterocycles. The molecule has 0 bridgehead atoms. The summed E-state index contributed by atoms with van der Waals surface area (Å²) in [5, 5.41) is 2.03. The number of aromatic nitrogens is 4. The third-order valence-electron chi connectivity index (χ3n) is 8.17. The molecule has 0 aliphatic carbocycles. The summed E-state index contributed by atoms with van der Waals surface area (Å²) in [4.78, 5) is 14.1. The van der Waals surface area contributed by atoms with Gasteiger partial charge in [-0.3, -0.25) is 9.97 Å². The van der Waals surface area contributed by atoms with E-state index in [4.69, 9.17) is 15.8 Å².